The van der Waals surface area contributed by atoms with Gasteiger partial charge in [0.25, 0.3) is 5.65 Å². The van der Waals surface area contributed by atoms with Gasteiger partial charge in [0.1, 0.15) is 11.8 Å². The van der Waals surface area contributed by atoms with Gasteiger partial charge in [0, 0.05) is 17.2 Å². The number of imidazole rings is 1. The SMILES string of the molecule is Cc1c(-c2cc3nc4ccon4c3n[n+]2C)ccc2ccccc12. The summed E-state index contributed by atoms with van der Waals surface area (Å²) < 4.78 is 8.96. The first-order chi connectivity index (χ1) is 11.7. The third kappa shape index (κ3) is 1.72. The molecular formula is C19H15N4O+. The highest BCUT2D eigenvalue weighted by molar-refractivity contribution is 5.91. The van der Waals surface area contributed by atoms with E-state index in [1.807, 2.05) is 17.8 Å². The van der Waals surface area contributed by atoms with Gasteiger partial charge in [-0.15, -0.1) is 4.57 Å². The van der Waals surface area contributed by atoms with Crippen LogP contribution in [0.3, 0.4) is 0 Å². The number of benzene rings is 2. The average Bonchev–Trinajstić information content (AvgIpc) is 3.17. The lowest BCUT2D eigenvalue weighted by molar-refractivity contribution is -0.718. The lowest BCUT2D eigenvalue weighted by atomic mass is 9.98. The first-order valence-electron chi connectivity index (χ1n) is 7.84. The number of hydrogen-bond donors (Lipinski definition) is 0. The molecule has 2 aromatic carbocycles. The first kappa shape index (κ1) is 13.2. The molecule has 5 heteroatoms. The maximum Gasteiger partial charge on any atom is 0.263 e. The molecule has 5 aromatic rings. The van der Waals surface area contributed by atoms with Crippen molar-refractivity contribution < 1.29 is 9.20 Å². The minimum atomic E-state index is 0.722. The lowest BCUT2D eigenvalue weighted by Crippen LogP contribution is -2.36. The zero-order valence-electron chi connectivity index (χ0n) is 13.4. The summed E-state index contributed by atoms with van der Waals surface area (Å²) in [4.78, 5) is 4.59. The fourth-order valence-electron chi connectivity index (χ4n) is 3.36. The van der Waals surface area contributed by atoms with E-state index in [-0.39, 0.29) is 0 Å². The van der Waals surface area contributed by atoms with E-state index in [4.69, 9.17) is 4.52 Å². The molecule has 0 radical (unpaired) electrons. The van der Waals surface area contributed by atoms with Crippen molar-refractivity contribution in [3.05, 3.63) is 60.4 Å². The molecular weight excluding hydrogens is 300 g/mol. The number of nitrogens with zero attached hydrogens (tertiary/aromatic N) is 4. The van der Waals surface area contributed by atoms with E-state index in [2.05, 4.69) is 59.5 Å². The van der Waals surface area contributed by atoms with Crippen LogP contribution in [-0.4, -0.2) is 14.7 Å². The Morgan fingerprint density at radius 1 is 1.08 bits per heavy atom. The summed E-state index contributed by atoms with van der Waals surface area (Å²) in [7, 11) is 1.95. The zero-order chi connectivity index (χ0) is 16.3. The summed E-state index contributed by atoms with van der Waals surface area (Å²) in [5.74, 6) is 0. The fraction of sp³-hybridized carbons (Fsp3) is 0.105. The molecule has 0 spiro atoms. The van der Waals surface area contributed by atoms with Crippen molar-refractivity contribution in [2.24, 2.45) is 7.05 Å². The van der Waals surface area contributed by atoms with Crippen LogP contribution in [0.2, 0.25) is 0 Å². The standard InChI is InChI=1S/C19H15N4O/c1-12-14-6-4-3-5-13(14)7-8-15(12)17-11-16-19(21-22(17)2)23-18(20-16)9-10-24-23/h3-11H,1-2H3/q+1. The number of hydrogen-bond acceptors (Lipinski definition) is 3. The molecule has 5 nitrogen and oxygen atoms in total. The minimum Gasteiger partial charge on any atom is -0.379 e. The maximum absolute atomic E-state index is 5.43. The molecule has 0 aliphatic heterocycles. The minimum absolute atomic E-state index is 0.722. The quantitative estimate of drug-likeness (QED) is 0.445. The van der Waals surface area contributed by atoms with Crippen molar-refractivity contribution >= 4 is 27.6 Å². The fourth-order valence-corrected chi connectivity index (χ4v) is 3.36. The Morgan fingerprint density at radius 3 is 2.88 bits per heavy atom. The van der Waals surface area contributed by atoms with Gasteiger partial charge in [-0.3, -0.25) is 0 Å². The van der Waals surface area contributed by atoms with E-state index >= 15 is 0 Å². The van der Waals surface area contributed by atoms with E-state index in [9.17, 15) is 0 Å². The first-order valence-corrected chi connectivity index (χ1v) is 7.84. The number of aromatic nitrogens is 4. The Bertz CT molecular complexity index is 1230. The second kappa shape index (κ2) is 4.64. The van der Waals surface area contributed by atoms with Crippen molar-refractivity contribution in [2.45, 2.75) is 6.92 Å². The van der Waals surface area contributed by atoms with Crippen LogP contribution < -0.4 is 4.68 Å². The van der Waals surface area contributed by atoms with Gasteiger partial charge in [0.05, 0.1) is 5.56 Å². The van der Waals surface area contributed by atoms with Crippen LogP contribution in [0, 0.1) is 6.92 Å². The lowest BCUT2D eigenvalue weighted by Gasteiger charge is -2.07. The van der Waals surface area contributed by atoms with Crippen LogP contribution in [0.25, 0.3) is 38.8 Å². The molecule has 0 atom stereocenters. The molecule has 0 saturated carbocycles. The van der Waals surface area contributed by atoms with Crippen molar-refractivity contribution in [2.75, 3.05) is 0 Å². The highest BCUT2D eigenvalue weighted by atomic mass is 16.5. The van der Waals surface area contributed by atoms with Crippen molar-refractivity contribution in [1.82, 2.24) is 14.7 Å². The molecule has 3 aromatic heterocycles. The Labute approximate surface area is 137 Å². The molecule has 24 heavy (non-hydrogen) atoms. The zero-order valence-corrected chi connectivity index (χ0v) is 13.4. The van der Waals surface area contributed by atoms with E-state index in [0.717, 1.165) is 28.1 Å². The topological polar surface area (TPSA) is 47.2 Å². The van der Waals surface area contributed by atoms with E-state index < -0.39 is 0 Å². The monoisotopic (exact) mass is 315 g/mol. The molecule has 5 rings (SSSR count). The van der Waals surface area contributed by atoms with Crippen LogP contribution in [0.1, 0.15) is 5.56 Å². The third-order valence-corrected chi connectivity index (χ3v) is 4.59. The van der Waals surface area contributed by atoms with Crippen molar-refractivity contribution in [3.63, 3.8) is 0 Å². The normalized spacial score (nSPS) is 11.8. The summed E-state index contributed by atoms with van der Waals surface area (Å²) in [6.45, 7) is 2.15. The van der Waals surface area contributed by atoms with Gasteiger partial charge in [0.15, 0.2) is 12.7 Å². The summed E-state index contributed by atoms with van der Waals surface area (Å²) in [6.07, 6.45) is 1.62. The van der Waals surface area contributed by atoms with E-state index in [1.54, 1.807) is 10.8 Å². The van der Waals surface area contributed by atoms with E-state index in [0.29, 0.717) is 0 Å². The second-order valence-electron chi connectivity index (χ2n) is 5.99. The highest BCUT2D eigenvalue weighted by Crippen LogP contribution is 2.29. The predicted molar refractivity (Wildman–Crippen MR) is 91.6 cm³/mol. The summed E-state index contributed by atoms with van der Waals surface area (Å²) in [5.41, 5.74) is 5.76. The highest BCUT2D eigenvalue weighted by Gasteiger charge is 2.20. The molecule has 0 fully saturated rings. The molecule has 0 amide bonds. The van der Waals surface area contributed by atoms with Crippen LogP contribution in [0.15, 0.2) is 59.3 Å². The third-order valence-electron chi connectivity index (χ3n) is 4.59. The van der Waals surface area contributed by atoms with Gasteiger partial charge in [-0.1, -0.05) is 35.0 Å². The van der Waals surface area contributed by atoms with E-state index in [1.165, 1.54) is 16.3 Å². The summed E-state index contributed by atoms with van der Waals surface area (Å²) in [5, 5.41) is 7.16. The molecule has 0 aliphatic rings. The van der Waals surface area contributed by atoms with Crippen LogP contribution in [0.4, 0.5) is 0 Å². The summed E-state index contributed by atoms with van der Waals surface area (Å²) >= 11 is 0. The molecule has 116 valence electrons. The molecule has 0 aliphatic carbocycles. The van der Waals surface area contributed by atoms with Gasteiger partial charge >= 0.3 is 0 Å². The molecule has 0 saturated heterocycles. The number of fused-ring (bicyclic) bond motifs is 4. The largest absolute Gasteiger partial charge is 0.379 e. The maximum atomic E-state index is 5.43. The van der Waals surface area contributed by atoms with Crippen LogP contribution in [0.5, 0.6) is 0 Å². The average molecular weight is 315 g/mol. The number of aryl methyl sites for hydroxylation is 2. The van der Waals surface area contributed by atoms with Gasteiger partial charge in [0.2, 0.25) is 5.69 Å². The number of rotatable bonds is 1. The second-order valence-corrected chi connectivity index (χ2v) is 5.99. The van der Waals surface area contributed by atoms with Gasteiger partial charge < -0.3 is 4.52 Å². The Hall–Kier alpha value is -3.21. The smallest absolute Gasteiger partial charge is 0.263 e. The summed E-state index contributed by atoms with van der Waals surface area (Å²) in [6, 6.07) is 16.6. The van der Waals surface area contributed by atoms with Crippen molar-refractivity contribution in [1.29, 1.82) is 0 Å². The molecule has 0 unspecified atom stereocenters. The van der Waals surface area contributed by atoms with Gasteiger partial charge in [-0.25, -0.2) is 4.98 Å². The molecule has 0 bridgehead atoms. The van der Waals surface area contributed by atoms with Gasteiger partial charge in [-0.05, 0) is 29.3 Å². The Kier molecular flexibility index (Phi) is 2.56. The van der Waals surface area contributed by atoms with Crippen LogP contribution >= 0.6 is 0 Å². The Balaban J connectivity index is 1.82. The Morgan fingerprint density at radius 2 is 1.96 bits per heavy atom. The van der Waals surface area contributed by atoms with Crippen LogP contribution in [-0.2, 0) is 7.05 Å². The molecule has 3 heterocycles. The molecule has 0 N–H and O–H groups in total. The predicted octanol–water partition coefficient (Wildman–Crippen LogP) is 3.43. The van der Waals surface area contributed by atoms with Crippen molar-refractivity contribution in [3.8, 4) is 11.3 Å². The van der Waals surface area contributed by atoms with Gasteiger partial charge in [-0.2, -0.15) is 0 Å².